The topological polar surface area (TPSA) is 3.24 Å². The van der Waals surface area contributed by atoms with Crippen LogP contribution >= 0.6 is 35.3 Å². The van der Waals surface area contributed by atoms with Crippen LogP contribution in [0.4, 0.5) is 0 Å². The summed E-state index contributed by atoms with van der Waals surface area (Å²) in [5, 5.41) is 1.53. The van der Waals surface area contributed by atoms with Crippen molar-refractivity contribution in [2.24, 2.45) is 0 Å². The van der Waals surface area contributed by atoms with Gasteiger partial charge in [-0.15, -0.1) is 0 Å². The van der Waals surface area contributed by atoms with Crippen molar-refractivity contribution in [1.82, 2.24) is 4.90 Å². The Hall–Kier alpha value is 1.08. The van der Waals surface area contributed by atoms with Gasteiger partial charge < -0.3 is 4.90 Å². The predicted octanol–water partition coefficient (Wildman–Crippen LogP) is 12.0. The first-order valence-electron chi connectivity index (χ1n) is 16.2. The molecule has 38 heavy (non-hydrogen) atoms. The molecule has 0 amide bonds. The zero-order valence-corrected chi connectivity index (χ0v) is 39.9. The Morgan fingerprint density at radius 2 is 0.895 bits per heavy atom. The van der Waals surface area contributed by atoms with Gasteiger partial charge in [0.15, 0.2) is 0 Å². The van der Waals surface area contributed by atoms with E-state index < -0.39 is 0 Å². The molecular weight excluding hydrogens is 634 g/mol. The number of hydrogen-bond acceptors (Lipinski definition) is 4. The zero-order valence-electron chi connectivity index (χ0n) is 29.0. The number of rotatable bonds is 9. The molecule has 0 aliphatic carbocycles. The molecule has 0 atom stereocenters. The Kier molecular flexibility index (Phi) is 39.5. The van der Waals surface area contributed by atoms with Gasteiger partial charge in [-0.05, 0) is 73.7 Å². The summed E-state index contributed by atoms with van der Waals surface area (Å²) in [6, 6.07) is 0. The first-order valence-corrected chi connectivity index (χ1v) is 27.0. The second kappa shape index (κ2) is 32.6. The van der Waals surface area contributed by atoms with E-state index in [1.807, 2.05) is 63.0 Å². The van der Waals surface area contributed by atoms with Crippen molar-refractivity contribution in [1.29, 1.82) is 0 Å². The summed E-state index contributed by atoms with van der Waals surface area (Å²) >= 11 is 8.19. The van der Waals surface area contributed by atoms with E-state index >= 15 is 0 Å². The molecule has 0 saturated heterocycles. The van der Waals surface area contributed by atoms with Crippen LogP contribution in [0.25, 0.3) is 0 Å². The molecule has 2 heterocycles. The van der Waals surface area contributed by atoms with Gasteiger partial charge in [-0.2, -0.15) is 0 Å². The van der Waals surface area contributed by atoms with Crippen LogP contribution in [0.3, 0.4) is 0 Å². The molecule has 1 nitrogen and oxygen atoms in total. The first-order chi connectivity index (χ1) is 18.5. The quantitative estimate of drug-likeness (QED) is 0.220. The van der Waals surface area contributed by atoms with Crippen LogP contribution in [0.1, 0.15) is 141 Å². The van der Waals surface area contributed by atoms with Gasteiger partial charge in [-0.3, -0.25) is 0 Å². The molecular formula is C32H67Ga2NS3. The van der Waals surface area contributed by atoms with Gasteiger partial charge in [0.25, 0.3) is 0 Å². The first kappa shape index (κ1) is 46.1. The molecule has 0 radical (unpaired) electrons. The van der Waals surface area contributed by atoms with Crippen molar-refractivity contribution < 1.29 is 0 Å². The van der Waals surface area contributed by atoms with E-state index in [2.05, 4.69) is 78.2 Å². The fourth-order valence-electron chi connectivity index (χ4n) is 3.90. The molecule has 0 unspecified atom stereocenters. The van der Waals surface area contributed by atoms with Crippen LogP contribution in [0.2, 0.25) is 11.0 Å². The van der Waals surface area contributed by atoms with Crippen molar-refractivity contribution in [3.05, 3.63) is 40.8 Å². The number of allylic oxidation sites excluding steroid dienone is 6. The second-order valence-electron chi connectivity index (χ2n) is 7.39. The molecule has 2 rings (SSSR count). The number of thioether (sulfide) groups is 3. The van der Waals surface area contributed by atoms with Crippen molar-refractivity contribution in [2.45, 2.75) is 152 Å². The van der Waals surface area contributed by atoms with Crippen molar-refractivity contribution in [3.8, 4) is 0 Å². The zero-order chi connectivity index (χ0) is 30.7. The van der Waals surface area contributed by atoms with Gasteiger partial charge in [0.2, 0.25) is 0 Å². The molecule has 2 aliphatic heterocycles. The Morgan fingerprint density at radius 1 is 0.526 bits per heavy atom. The number of hydrogen-bond donors (Lipinski definition) is 0. The molecule has 6 heteroatoms. The average Bonchev–Trinajstić information content (AvgIpc) is 3.59. The van der Waals surface area contributed by atoms with E-state index in [4.69, 9.17) is 0 Å². The third-order valence-electron chi connectivity index (χ3n) is 5.77. The molecule has 0 fully saturated rings. The van der Waals surface area contributed by atoms with Crippen LogP contribution in [0, 0.1) is 0 Å². The van der Waals surface area contributed by atoms with Gasteiger partial charge >= 0.3 is 48.2 Å². The van der Waals surface area contributed by atoms with Crippen LogP contribution < -0.4 is 0 Å². The van der Waals surface area contributed by atoms with E-state index in [-0.39, 0.29) is 0 Å². The molecule has 0 bridgehead atoms. The molecule has 0 aromatic heterocycles. The maximum absolute atomic E-state index is 2.53. The monoisotopic (exact) mass is 699 g/mol. The van der Waals surface area contributed by atoms with E-state index in [1.54, 1.807) is 35.8 Å². The Bertz CT molecular complexity index is 658. The van der Waals surface area contributed by atoms with Gasteiger partial charge in [-0.25, -0.2) is 0 Å². The Balaban J connectivity index is -0.000000242. The summed E-state index contributed by atoms with van der Waals surface area (Å²) in [5.41, 5.74) is 9.18. The maximum atomic E-state index is 2.53. The summed E-state index contributed by atoms with van der Waals surface area (Å²) in [7, 11) is 0. The summed E-state index contributed by atoms with van der Waals surface area (Å²) in [4.78, 5) is 7.32. The summed E-state index contributed by atoms with van der Waals surface area (Å²) in [6.07, 6.45) is 9.52. The third kappa shape index (κ3) is 15.9. The van der Waals surface area contributed by atoms with E-state index in [9.17, 15) is 0 Å². The molecule has 2 aliphatic rings. The third-order valence-corrected chi connectivity index (χ3v) is 10.4. The fourth-order valence-corrected chi connectivity index (χ4v) is 8.57. The van der Waals surface area contributed by atoms with Gasteiger partial charge in [0.1, 0.15) is 0 Å². The molecule has 0 spiro atoms. The van der Waals surface area contributed by atoms with Crippen molar-refractivity contribution in [3.63, 3.8) is 0 Å². The minimum atomic E-state index is 1.06. The van der Waals surface area contributed by atoms with Crippen LogP contribution in [0.15, 0.2) is 40.8 Å². The Morgan fingerprint density at radius 3 is 1.16 bits per heavy atom. The van der Waals surface area contributed by atoms with Crippen LogP contribution in [-0.2, 0) is 0 Å². The van der Waals surface area contributed by atoms with Crippen molar-refractivity contribution in [2.75, 3.05) is 6.54 Å². The van der Waals surface area contributed by atoms with Gasteiger partial charge in [0.05, 0.1) is 5.03 Å². The molecule has 224 valence electrons. The Labute approximate surface area is 275 Å². The summed E-state index contributed by atoms with van der Waals surface area (Å²) in [5.74, 6) is 0. The molecule has 0 saturated carbocycles. The van der Waals surface area contributed by atoms with E-state index in [0.717, 1.165) is 50.2 Å². The predicted molar refractivity (Wildman–Crippen MR) is 197 cm³/mol. The van der Waals surface area contributed by atoms with E-state index in [1.165, 1.54) is 50.0 Å². The SMILES string of the molecule is CC.CC.CCC(CC)=C1SC(CC)=C(CC)N1CC.CCC(CC)=C1SC(CC)=C(CC)S1.[CH3][GaH2].[CH3][GaH2]. The van der Waals surface area contributed by atoms with Crippen LogP contribution in [0.5, 0.6) is 0 Å². The van der Waals surface area contributed by atoms with E-state index in [0.29, 0.717) is 0 Å². The molecule has 0 aromatic rings. The molecule has 0 N–H and O–H groups in total. The van der Waals surface area contributed by atoms with Gasteiger partial charge in [-0.1, -0.05) is 124 Å². The molecule has 0 aromatic carbocycles. The number of nitrogens with zero attached hydrogens (tertiary/aromatic N) is 1. The average molecular weight is 702 g/mol. The second-order valence-corrected chi connectivity index (χ2v) is 10.9. The minimum absolute atomic E-state index is 1.06. The normalized spacial score (nSPS) is 13.6. The van der Waals surface area contributed by atoms with Crippen LogP contribution in [-0.4, -0.2) is 48.6 Å². The fraction of sp³-hybridized carbons (Fsp3) is 0.750. The van der Waals surface area contributed by atoms with Crippen molar-refractivity contribution >= 4 is 72.5 Å². The standard InChI is InChI=1S/C14H25NS.C12H20S2.2C2H6.2CH3.2Ga.4H/c1-6-11(7-2)14-15(10-5)12(8-3)13(9-4)16-14;1-5-9(6-2)12-13-10(7-3)11(8-4)14-12;2*1-2;;;;;;;;/h6-10H2,1-5H3;5-8H2,1-4H3;2*1-2H3;2*1H3;;;;;;. The summed E-state index contributed by atoms with van der Waals surface area (Å²) in [6.45, 7) is 29.5. The van der Waals surface area contributed by atoms with Gasteiger partial charge in [0, 0.05) is 21.4 Å². The summed E-state index contributed by atoms with van der Waals surface area (Å²) < 4.78 is 1.57.